The summed E-state index contributed by atoms with van der Waals surface area (Å²) in [7, 11) is 0. The molecule has 1 fully saturated rings. The van der Waals surface area contributed by atoms with Crippen LogP contribution in [-0.4, -0.2) is 62.7 Å². The molecule has 1 aliphatic heterocycles. The lowest BCUT2D eigenvalue weighted by atomic mass is 10.3. The first-order chi connectivity index (χ1) is 8.25. The van der Waals surface area contributed by atoms with Gasteiger partial charge in [-0.25, -0.2) is 0 Å². The molecular weight excluding hydrogens is 222 g/mol. The van der Waals surface area contributed by atoms with Crippen LogP contribution in [0, 0.1) is 0 Å². The number of amides is 2. The first-order valence-corrected chi connectivity index (χ1v) is 6.11. The summed E-state index contributed by atoms with van der Waals surface area (Å²) in [4.78, 5) is 24.8. The van der Waals surface area contributed by atoms with Crippen LogP contribution in [0.4, 0.5) is 0 Å². The fourth-order valence-electron chi connectivity index (χ4n) is 1.61. The summed E-state index contributed by atoms with van der Waals surface area (Å²) in [5.74, 6) is -0.939. The molecule has 0 aromatic carbocycles. The van der Waals surface area contributed by atoms with Gasteiger partial charge in [0.1, 0.15) is 0 Å². The van der Waals surface area contributed by atoms with Gasteiger partial charge in [-0.15, -0.1) is 0 Å². The van der Waals surface area contributed by atoms with E-state index in [9.17, 15) is 9.59 Å². The van der Waals surface area contributed by atoms with Crippen molar-refractivity contribution in [3.63, 3.8) is 0 Å². The zero-order chi connectivity index (χ0) is 12.5. The van der Waals surface area contributed by atoms with E-state index in [0.717, 1.165) is 19.5 Å². The highest BCUT2D eigenvalue weighted by molar-refractivity contribution is 6.35. The van der Waals surface area contributed by atoms with E-state index >= 15 is 0 Å². The predicted octanol–water partition coefficient (Wildman–Crippen LogP) is -1.04. The van der Waals surface area contributed by atoms with Gasteiger partial charge in [-0.05, 0) is 13.3 Å². The summed E-state index contributed by atoms with van der Waals surface area (Å²) in [6, 6.07) is 0. The van der Waals surface area contributed by atoms with Crippen LogP contribution in [0.25, 0.3) is 0 Å². The van der Waals surface area contributed by atoms with Crippen LogP contribution in [0.15, 0.2) is 0 Å². The zero-order valence-corrected chi connectivity index (χ0v) is 10.3. The minimum Gasteiger partial charge on any atom is -0.382 e. The van der Waals surface area contributed by atoms with Gasteiger partial charge in [-0.1, -0.05) is 0 Å². The molecule has 0 unspecified atom stereocenters. The number of nitrogens with one attached hydrogen (secondary N) is 2. The molecule has 98 valence electrons. The second-order valence-corrected chi connectivity index (χ2v) is 3.85. The minimum atomic E-state index is -0.511. The van der Waals surface area contributed by atoms with Crippen LogP contribution in [0.1, 0.15) is 13.3 Å². The Morgan fingerprint density at radius 1 is 1.35 bits per heavy atom. The van der Waals surface area contributed by atoms with Gasteiger partial charge in [-0.3, -0.25) is 9.59 Å². The van der Waals surface area contributed by atoms with Crippen molar-refractivity contribution >= 4 is 11.8 Å². The van der Waals surface area contributed by atoms with Crippen molar-refractivity contribution in [1.82, 2.24) is 15.5 Å². The monoisotopic (exact) mass is 243 g/mol. The normalized spacial score (nSPS) is 15.7. The predicted molar refractivity (Wildman–Crippen MR) is 63.6 cm³/mol. The van der Waals surface area contributed by atoms with E-state index in [1.807, 2.05) is 6.92 Å². The molecule has 0 saturated carbocycles. The molecular formula is C11H21N3O3. The topological polar surface area (TPSA) is 70.7 Å². The molecule has 1 rings (SSSR count). The molecule has 6 heteroatoms. The first-order valence-electron chi connectivity index (χ1n) is 6.11. The summed E-state index contributed by atoms with van der Waals surface area (Å²) in [5, 5.41) is 5.74. The maximum Gasteiger partial charge on any atom is 0.311 e. The highest BCUT2D eigenvalue weighted by atomic mass is 16.5. The molecule has 1 aliphatic rings. The van der Waals surface area contributed by atoms with Gasteiger partial charge < -0.3 is 20.3 Å². The van der Waals surface area contributed by atoms with Crippen molar-refractivity contribution < 1.29 is 14.3 Å². The second-order valence-electron chi connectivity index (χ2n) is 3.85. The molecule has 0 bridgehead atoms. The van der Waals surface area contributed by atoms with Crippen LogP contribution >= 0.6 is 0 Å². The average molecular weight is 243 g/mol. The zero-order valence-electron chi connectivity index (χ0n) is 10.3. The Bertz CT molecular complexity index is 252. The van der Waals surface area contributed by atoms with E-state index < -0.39 is 11.8 Å². The summed E-state index contributed by atoms with van der Waals surface area (Å²) in [5.41, 5.74) is 0. The smallest absolute Gasteiger partial charge is 0.311 e. The van der Waals surface area contributed by atoms with Gasteiger partial charge in [0, 0.05) is 45.9 Å². The molecule has 1 saturated heterocycles. The fraction of sp³-hybridized carbons (Fsp3) is 0.818. The number of hydrogen-bond acceptors (Lipinski definition) is 4. The summed E-state index contributed by atoms with van der Waals surface area (Å²) in [6.07, 6.45) is 0.731. The Morgan fingerprint density at radius 2 is 2.06 bits per heavy atom. The standard InChI is InChI=1S/C11H21N3O3/c1-2-17-9-3-4-13-10(15)11(16)14-7-5-12-6-8-14/h12H,2-9H2,1H3,(H,13,15). The van der Waals surface area contributed by atoms with Gasteiger partial charge >= 0.3 is 11.8 Å². The van der Waals surface area contributed by atoms with Crippen LogP contribution < -0.4 is 10.6 Å². The van der Waals surface area contributed by atoms with E-state index in [0.29, 0.717) is 32.8 Å². The van der Waals surface area contributed by atoms with Crippen molar-refractivity contribution in [2.24, 2.45) is 0 Å². The lowest BCUT2D eigenvalue weighted by Crippen LogP contribution is -2.51. The van der Waals surface area contributed by atoms with Crippen LogP contribution in [0.3, 0.4) is 0 Å². The van der Waals surface area contributed by atoms with Crippen molar-refractivity contribution in [2.75, 3.05) is 45.9 Å². The van der Waals surface area contributed by atoms with Crippen LogP contribution in [0.5, 0.6) is 0 Å². The number of hydrogen-bond donors (Lipinski definition) is 2. The molecule has 17 heavy (non-hydrogen) atoms. The number of carbonyl (C=O) groups is 2. The first kappa shape index (κ1) is 13.9. The van der Waals surface area contributed by atoms with E-state index in [-0.39, 0.29) is 0 Å². The van der Waals surface area contributed by atoms with Crippen LogP contribution in [-0.2, 0) is 14.3 Å². The molecule has 6 nitrogen and oxygen atoms in total. The molecule has 2 amide bonds. The largest absolute Gasteiger partial charge is 0.382 e. The van der Waals surface area contributed by atoms with E-state index in [1.54, 1.807) is 4.90 Å². The van der Waals surface area contributed by atoms with Crippen LogP contribution in [0.2, 0.25) is 0 Å². The molecule has 0 aromatic heterocycles. The van der Waals surface area contributed by atoms with Gasteiger partial charge in [0.2, 0.25) is 0 Å². The Labute approximate surface area is 102 Å². The number of carbonyl (C=O) groups excluding carboxylic acids is 2. The number of nitrogens with zero attached hydrogens (tertiary/aromatic N) is 1. The van der Waals surface area contributed by atoms with Crippen molar-refractivity contribution in [1.29, 1.82) is 0 Å². The quantitative estimate of drug-likeness (QED) is 0.478. The SMILES string of the molecule is CCOCCCNC(=O)C(=O)N1CCNCC1. The molecule has 0 atom stereocenters. The van der Waals surface area contributed by atoms with Gasteiger partial charge in [0.05, 0.1) is 0 Å². The lowest BCUT2D eigenvalue weighted by molar-refractivity contribution is -0.146. The van der Waals surface area contributed by atoms with Gasteiger partial charge in [0.15, 0.2) is 0 Å². The minimum absolute atomic E-state index is 0.428. The summed E-state index contributed by atoms with van der Waals surface area (Å²) < 4.78 is 5.14. The van der Waals surface area contributed by atoms with E-state index in [2.05, 4.69) is 10.6 Å². The van der Waals surface area contributed by atoms with Gasteiger partial charge in [0.25, 0.3) is 0 Å². The van der Waals surface area contributed by atoms with E-state index in [4.69, 9.17) is 4.74 Å². The van der Waals surface area contributed by atoms with Crippen molar-refractivity contribution in [3.8, 4) is 0 Å². The number of ether oxygens (including phenoxy) is 1. The Kier molecular flexibility index (Phi) is 6.57. The molecule has 2 N–H and O–H groups in total. The third kappa shape index (κ3) is 5.14. The highest BCUT2D eigenvalue weighted by Crippen LogP contribution is 1.93. The lowest BCUT2D eigenvalue weighted by Gasteiger charge is -2.26. The molecule has 0 spiro atoms. The number of rotatable bonds is 5. The third-order valence-electron chi connectivity index (χ3n) is 2.55. The Balaban J connectivity index is 2.15. The van der Waals surface area contributed by atoms with E-state index in [1.165, 1.54) is 0 Å². The van der Waals surface area contributed by atoms with Crippen molar-refractivity contribution in [2.45, 2.75) is 13.3 Å². The Hall–Kier alpha value is -1.14. The Morgan fingerprint density at radius 3 is 2.71 bits per heavy atom. The van der Waals surface area contributed by atoms with Crippen molar-refractivity contribution in [3.05, 3.63) is 0 Å². The van der Waals surface area contributed by atoms with Gasteiger partial charge in [-0.2, -0.15) is 0 Å². The highest BCUT2D eigenvalue weighted by Gasteiger charge is 2.22. The molecule has 0 radical (unpaired) electrons. The molecule has 0 aliphatic carbocycles. The number of piperazine rings is 1. The summed E-state index contributed by atoms with van der Waals surface area (Å²) >= 11 is 0. The molecule has 1 heterocycles. The summed E-state index contributed by atoms with van der Waals surface area (Å²) in [6.45, 7) is 6.40. The molecule has 0 aromatic rings. The maximum atomic E-state index is 11.7. The third-order valence-corrected chi connectivity index (χ3v) is 2.55. The average Bonchev–Trinajstić information content (AvgIpc) is 2.38. The second kappa shape index (κ2) is 8.03. The maximum absolute atomic E-state index is 11.7. The fourth-order valence-corrected chi connectivity index (χ4v) is 1.61.